The molecule has 0 radical (unpaired) electrons. The van der Waals surface area contributed by atoms with Gasteiger partial charge in [-0.1, -0.05) is 30.3 Å². The van der Waals surface area contributed by atoms with E-state index in [9.17, 15) is 9.59 Å². The highest BCUT2D eigenvalue weighted by Crippen LogP contribution is 2.35. The molecule has 8 heteroatoms. The number of fused-ring (bicyclic) bond motifs is 1. The van der Waals surface area contributed by atoms with Crippen molar-refractivity contribution in [1.29, 1.82) is 0 Å². The van der Waals surface area contributed by atoms with Crippen molar-refractivity contribution in [2.75, 3.05) is 5.43 Å². The third kappa shape index (κ3) is 3.22. The third-order valence-electron chi connectivity index (χ3n) is 4.54. The number of aryl methyl sites for hydroxylation is 3. The second kappa shape index (κ2) is 7.05. The Hall–Kier alpha value is -3.26. The summed E-state index contributed by atoms with van der Waals surface area (Å²) in [4.78, 5) is 31.6. The number of nitrogens with zero attached hydrogens (tertiary/aromatic N) is 4. The second-order valence-corrected chi connectivity index (χ2v) is 7.81. The van der Waals surface area contributed by atoms with Gasteiger partial charge in [0.2, 0.25) is 5.91 Å². The fourth-order valence-electron chi connectivity index (χ4n) is 3.30. The first kappa shape index (κ1) is 18.1. The number of aromatic nitrogens is 4. The molecule has 7 nitrogen and oxygen atoms in total. The maximum absolute atomic E-state index is 13.1. The van der Waals surface area contributed by atoms with Crippen LogP contribution in [0.2, 0.25) is 0 Å². The van der Waals surface area contributed by atoms with Crippen LogP contribution in [0.5, 0.6) is 0 Å². The summed E-state index contributed by atoms with van der Waals surface area (Å²) < 4.78 is 2.82. The van der Waals surface area contributed by atoms with Crippen LogP contribution in [0.25, 0.3) is 21.3 Å². The number of hydrogen-bond acceptors (Lipinski definition) is 5. The van der Waals surface area contributed by atoms with Crippen LogP contribution in [0.1, 0.15) is 16.3 Å². The lowest BCUT2D eigenvalue weighted by molar-refractivity contribution is -0.116. The summed E-state index contributed by atoms with van der Waals surface area (Å²) in [6, 6.07) is 11.6. The highest BCUT2D eigenvalue weighted by Gasteiger charge is 2.18. The standard InChI is InChI=1S/C20H19N5O2S/c1-12-9-15(24(3)22-12)10-16(26)23-25-11-21-19-18(20(25)27)17(13(2)28-19)14-7-5-4-6-8-14/h4-9,11H,10H2,1-3H3,(H,23,26). The van der Waals surface area contributed by atoms with Gasteiger partial charge in [0, 0.05) is 23.2 Å². The van der Waals surface area contributed by atoms with Crippen LogP contribution in [0, 0.1) is 13.8 Å². The fourth-order valence-corrected chi connectivity index (χ4v) is 4.31. The molecule has 0 saturated carbocycles. The van der Waals surface area contributed by atoms with Crippen molar-refractivity contribution in [2.24, 2.45) is 7.05 Å². The van der Waals surface area contributed by atoms with E-state index >= 15 is 0 Å². The normalized spacial score (nSPS) is 11.1. The van der Waals surface area contributed by atoms with Gasteiger partial charge in [0.15, 0.2) is 0 Å². The summed E-state index contributed by atoms with van der Waals surface area (Å²) in [7, 11) is 1.79. The molecule has 0 aliphatic carbocycles. The molecular formula is C20H19N5O2S. The Kier molecular flexibility index (Phi) is 4.56. The van der Waals surface area contributed by atoms with Crippen LogP contribution in [-0.2, 0) is 18.3 Å². The molecule has 0 aliphatic heterocycles. The molecule has 0 atom stereocenters. The Bertz CT molecular complexity index is 1240. The summed E-state index contributed by atoms with van der Waals surface area (Å²) in [5.74, 6) is -0.306. The zero-order valence-electron chi connectivity index (χ0n) is 15.8. The molecule has 1 aromatic carbocycles. The van der Waals surface area contributed by atoms with Gasteiger partial charge in [-0.3, -0.25) is 19.7 Å². The van der Waals surface area contributed by atoms with Gasteiger partial charge >= 0.3 is 0 Å². The van der Waals surface area contributed by atoms with Crippen molar-refractivity contribution in [1.82, 2.24) is 19.4 Å². The van der Waals surface area contributed by atoms with Crippen LogP contribution >= 0.6 is 11.3 Å². The molecule has 0 spiro atoms. The Labute approximate surface area is 165 Å². The molecule has 1 amide bonds. The number of nitrogens with one attached hydrogen (secondary N) is 1. The van der Waals surface area contributed by atoms with E-state index in [1.54, 1.807) is 11.7 Å². The number of carbonyl (C=O) groups excluding carboxylic acids is 1. The summed E-state index contributed by atoms with van der Waals surface area (Å²) in [5.41, 5.74) is 5.79. The quantitative estimate of drug-likeness (QED) is 0.578. The molecule has 0 fully saturated rings. The van der Waals surface area contributed by atoms with Crippen LogP contribution in [-0.4, -0.2) is 25.3 Å². The van der Waals surface area contributed by atoms with E-state index in [2.05, 4.69) is 15.5 Å². The molecule has 3 heterocycles. The molecular weight excluding hydrogens is 374 g/mol. The van der Waals surface area contributed by atoms with Crippen molar-refractivity contribution in [2.45, 2.75) is 20.3 Å². The Morgan fingerprint density at radius 2 is 1.96 bits per heavy atom. The van der Waals surface area contributed by atoms with Gasteiger partial charge in [-0.2, -0.15) is 5.10 Å². The van der Waals surface area contributed by atoms with Crippen LogP contribution in [0.15, 0.2) is 47.5 Å². The monoisotopic (exact) mass is 393 g/mol. The van der Waals surface area contributed by atoms with E-state index in [-0.39, 0.29) is 17.9 Å². The van der Waals surface area contributed by atoms with Crippen LogP contribution in [0.3, 0.4) is 0 Å². The van der Waals surface area contributed by atoms with E-state index in [1.807, 2.05) is 50.2 Å². The lowest BCUT2D eigenvalue weighted by Gasteiger charge is -2.08. The smallest absolute Gasteiger partial charge is 0.273 e. The van der Waals surface area contributed by atoms with E-state index in [1.165, 1.54) is 17.7 Å². The average molecular weight is 393 g/mol. The van der Waals surface area contributed by atoms with Crippen molar-refractivity contribution in [3.8, 4) is 11.1 Å². The zero-order valence-corrected chi connectivity index (χ0v) is 16.6. The fraction of sp³-hybridized carbons (Fsp3) is 0.200. The first-order valence-corrected chi connectivity index (χ1v) is 9.61. The van der Waals surface area contributed by atoms with Gasteiger partial charge in [0.25, 0.3) is 5.56 Å². The molecule has 28 heavy (non-hydrogen) atoms. The van der Waals surface area contributed by atoms with E-state index in [4.69, 9.17) is 0 Å². The van der Waals surface area contributed by atoms with Crippen molar-refractivity contribution in [3.05, 3.63) is 69.3 Å². The minimum absolute atomic E-state index is 0.121. The van der Waals surface area contributed by atoms with E-state index in [0.29, 0.717) is 10.2 Å². The average Bonchev–Trinajstić information content (AvgIpc) is 3.16. The summed E-state index contributed by atoms with van der Waals surface area (Å²) >= 11 is 1.47. The summed E-state index contributed by atoms with van der Waals surface area (Å²) in [6.07, 6.45) is 1.48. The molecule has 4 rings (SSSR count). The SMILES string of the molecule is Cc1cc(CC(=O)Nn2cnc3sc(C)c(-c4ccccc4)c3c2=O)n(C)n1. The first-order chi connectivity index (χ1) is 13.4. The Morgan fingerprint density at radius 3 is 2.64 bits per heavy atom. The van der Waals surface area contributed by atoms with Gasteiger partial charge < -0.3 is 0 Å². The molecule has 142 valence electrons. The van der Waals surface area contributed by atoms with Crippen LogP contribution in [0.4, 0.5) is 0 Å². The summed E-state index contributed by atoms with van der Waals surface area (Å²) in [6.45, 7) is 3.84. The van der Waals surface area contributed by atoms with Gasteiger partial charge in [-0.15, -0.1) is 11.3 Å². The van der Waals surface area contributed by atoms with Crippen molar-refractivity contribution >= 4 is 27.5 Å². The predicted molar refractivity (Wildman–Crippen MR) is 110 cm³/mol. The second-order valence-electron chi connectivity index (χ2n) is 6.61. The largest absolute Gasteiger partial charge is 0.281 e. The topological polar surface area (TPSA) is 81.8 Å². The molecule has 3 aromatic heterocycles. The minimum Gasteiger partial charge on any atom is -0.273 e. The van der Waals surface area contributed by atoms with Crippen LogP contribution < -0.4 is 11.0 Å². The third-order valence-corrected chi connectivity index (χ3v) is 5.55. The summed E-state index contributed by atoms with van der Waals surface area (Å²) in [5, 5.41) is 4.76. The Balaban J connectivity index is 1.71. The highest BCUT2D eigenvalue weighted by molar-refractivity contribution is 7.19. The number of benzene rings is 1. The predicted octanol–water partition coefficient (Wildman–Crippen LogP) is 2.79. The molecule has 1 N–H and O–H groups in total. The van der Waals surface area contributed by atoms with Gasteiger partial charge in [-0.25, -0.2) is 9.66 Å². The zero-order chi connectivity index (χ0) is 19.8. The molecule has 0 unspecified atom stereocenters. The lowest BCUT2D eigenvalue weighted by Crippen LogP contribution is -2.34. The maximum atomic E-state index is 13.1. The van der Waals surface area contributed by atoms with Gasteiger partial charge in [-0.05, 0) is 25.5 Å². The Morgan fingerprint density at radius 1 is 1.21 bits per heavy atom. The number of rotatable bonds is 4. The first-order valence-electron chi connectivity index (χ1n) is 8.79. The van der Waals surface area contributed by atoms with Gasteiger partial charge in [0.05, 0.1) is 17.5 Å². The molecule has 0 aliphatic rings. The molecule has 0 bridgehead atoms. The lowest BCUT2D eigenvalue weighted by atomic mass is 10.0. The molecule has 4 aromatic rings. The number of thiophene rings is 1. The minimum atomic E-state index is -0.306. The van der Waals surface area contributed by atoms with Gasteiger partial charge in [0.1, 0.15) is 11.2 Å². The molecule has 0 saturated heterocycles. The number of amides is 1. The number of hydrogen-bond donors (Lipinski definition) is 1. The van der Waals surface area contributed by atoms with Crippen molar-refractivity contribution < 1.29 is 4.79 Å². The van der Waals surface area contributed by atoms with Crippen molar-refractivity contribution in [3.63, 3.8) is 0 Å². The van der Waals surface area contributed by atoms with E-state index in [0.717, 1.165) is 32.1 Å². The maximum Gasteiger partial charge on any atom is 0.281 e. The van der Waals surface area contributed by atoms with E-state index < -0.39 is 0 Å². The highest BCUT2D eigenvalue weighted by atomic mass is 32.1. The number of carbonyl (C=O) groups is 1.